The number of aromatic hydroxyl groups is 1. The Balaban J connectivity index is 3.24. The van der Waals surface area contributed by atoms with E-state index >= 15 is 0 Å². The van der Waals surface area contributed by atoms with Crippen LogP contribution in [-0.2, 0) is 0 Å². The Morgan fingerprint density at radius 3 is 2.38 bits per heavy atom. The Morgan fingerprint density at radius 2 is 1.94 bits per heavy atom. The Morgan fingerprint density at radius 1 is 1.38 bits per heavy atom. The quantitative estimate of drug-likeness (QED) is 0.794. The summed E-state index contributed by atoms with van der Waals surface area (Å²) in [4.78, 5) is 0.674. The summed E-state index contributed by atoms with van der Waals surface area (Å²) in [5, 5.41) is 9.46. The molecule has 1 aromatic rings. The second-order valence-corrected chi connectivity index (χ2v) is 4.25. The number of hydrogen-bond acceptors (Lipinski definition) is 3. The van der Waals surface area contributed by atoms with Crippen LogP contribution in [0.3, 0.4) is 0 Å². The molecular formula is C10H12F3NOS. The molecule has 0 aliphatic rings. The third-order valence-electron chi connectivity index (χ3n) is 2.23. The van der Waals surface area contributed by atoms with Gasteiger partial charge in [-0.1, -0.05) is 0 Å². The molecule has 0 aliphatic heterocycles. The first-order valence-corrected chi connectivity index (χ1v) is 5.69. The summed E-state index contributed by atoms with van der Waals surface area (Å²) in [7, 11) is 0. The summed E-state index contributed by atoms with van der Waals surface area (Å²) < 4.78 is 37.2. The van der Waals surface area contributed by atoms with Crippen LogP contribution in [0.2, 0.25) is 0 Å². The van der Waals surface area contributed by atoms with E-state index in [4.69, 9.17) is 5.73 Å². The molecule has 0 spiro atoms. The van der Waals surface area contributed by atoms with Gasteiger partial charge in [0.25, 0.3) is 0 Å². The first-order valence-electron chi connectivity index (χ1n) is 4.47. The minimum Gasteiger partial charge on any atom is -0.508 e. The molecule has 0 aliphatic carbocycles. The maximum absolute atomic E-state index is 12.4. The molecule has 1 rings (SSSR count). The minimum absolute atomic E-state index is 0.289. The van der Waals surface area contributed by atoms with Gasteiger partial charge in [0.15, 0.2) is 0 Å². The van der Waals surface area contributed by atoms with Crippen molar-refractivity contribution in [1.82, 2.24) is 0 Å². The van der Waals surface area contributed by atoms with Crippen molar-refractivity contribution in [2.24, 2.45) is 5.73 Å². The lowest BCUT2D eigenvalue weighted by Crippen LogP contribution is -2.28. The first-order chi connectivity index (χ1) is 7.27. The van der Waals surface area contributed by atoms with Crippen LogP contribution in [-0.4, -0.2) is 17.5 Å². The molecular weight excluding hydrogens is 239 g/mol. The lowest BCUT2D eigenvalue weighted by molar-refractivity contribution is -0.149. The third-order valence-corrected chi connectivity index (χ3v) is 3.11. The largest absolute Gasteiger partial charge is 0.508 e. The number of phenols is 1. The highest BCUT2D eigenvalue weighted by Crippen LogP contribution is 2.37. The second-order valence-electron chi connectivity index (χ2n) is 3.40. The second kappa shape index (κ2) is 4.55. The summed E-state index contributed by atoms with van der Waals surface area (Å²) in [6.07, 6.45) is -2.80. The van der Waals surface area contributed by atoms with Crippen molar-refractivity contribution in [2.45, 2.75) is 24.0 Å². The van der Waals surface area contributed by atoms with E-state index in [9.17, 15) is 18.3 Å². The van der Waals surface area contributed by atoms with Gasteiger partial charge in [-0.05, 0) is 30.9 Å². The van der Waals surface area contributed by atoms with Crippen molar-refractivity contribution in [1.29, 1.82) is 0 Å². The molecule has 0 saturated carbocycles. The van der Waals surface area contributed by atoms with Crippen molar-refractivity contribution in [3.05, 3.63) is 23.3 Å². The van der Waals surface area contributed by atoms with Crippen LogP contribution in [0.5, 0.6) is 5.75 Å². The number of alkyl halides is 3. The number of benzene rings is 1. The van der Waals surface area contributed by atoms with Crippen LogP contribution in [0.4, 0.5) is 13.2 Å². The van der Waals surface area contributed by atoms with Crippen LogP contribution in [0.15, 0.2) is 17.0 Å². The summed E-state index contributed by atoms with van der Waals surface area (Å²) >= 11 is 1.31. The number of thioether (sulfide) groups is 1. The number of aryl methyl sites for hydroxylation is 1. The lowest BCUT2D eigenvalue weighted by atomic mass is 10.0. The minimum atomic E-state index is -4.55. The Kier molecular flexibility index (Phi) is 3.75. The molecule has 6 heteroatoms. The molecule has 0 radical (unpaired) electrons. The van der Waals surface area contributed by atoms with E-state index in [1.807, 2.05) is 0 Å². The van der Waals surface area contributed by atoms with E-state index in [1.54, 1.807) is 13.2 Å². The van der Waals surface area contributed by atoms with E-state index in [0.29, 0.717) is 4.90 Å². The average molecular weight is 251 g/mol. The fourth-order valence-corrected chi connectivity index (χ4v) is 1.96. The fraction of sp³-hybridized carbons (Fsp3) is 0.400. The Hall–Kier alpha value is -0.880. The topological polar surface area (TPSA) is 46.2 Å². The number of rotatable bonds is 2. The van der Waals surface area contributed by atoms with E-state index in [-0.39, 0.29) is 5.56 Å². The van der Waals surface area contributed by atoms with E-state index in [0.717, 1.165) is 5.56 Å². The number of nitrogens with two attached hydrogens (primary N) is 1. The number of halogens is 3. The van der Waals surface area contributed by atoms with Gasteiger partial charge < -0.3 is 10.8 Å². The Bertz CT molecular complexity index is 392. The van der Waals surface area contributed by atoms with E-state index < -0.39 is 18.0 Å². The zero-order chi connectivity index (χ0) is 12.5. The summed E-state index contributed by atoms with van der Waals surface area (Å²) in [6.45, 7) is 1.72. The van der Waals surface area contributed by atoms with Crippen molar-refractivity contribution in [3.63, 3.8) is 0 Å². The van der Waals surface area contributed by atoms with E-state index in [2.05, 4.69) is 0 Å². The molecule has 1 aromatic carbocycles. The highest BCUT2D eigenvalue weighted by molar-refractivity contribution is 7.98. The number of phenolic OH excluding ortho intramolecular Hbond substituents is 1. The zero-order valence-corrected chi connectivity index (χ0v) is 9.62. The van der Waals surface area contributed by atoms with Crippen LogP contribution in [0, 0.1) is 6.92 Å². The molecule has 0 bridgehead atoms. The monoisotopic (exact) mass is 251 g/mol. The van der Waals surface area contributed by atoms with Gasteiger partial charge in [0, 0.05) is 10.5 Å². The lowest BCUT2D eigenvalue weighted by Gasteiger charge is -2.18. The average Bonchev–Trinajstić information content (AvgIpc) is 2.15. The molecule has 3 N–H and O–H groups in total. The van der Waals surface area contributed by atoms with E-state index in [1.165, 1.54) is 23.9 Å². The van der Waals surface area contributed by atoms with Gasteiger partial charge in [-0.3, -0.25) is 0 Å². The summed E-state index contributed by atoms with van der Waals surface area (Å²) in [5.74, 6) is -0.417. The van der Waals surface area contributed by atoms with Crippen molar-refractivity contribution in [3.8, 4) is 5.75 Å². The molecule has 2 nitrogen and oxygen atoms in total. The SMILES string of the molecule is CSc1cc([C@H](N)C(F)(F)F)c(O)cc1C. The first kappa shape index (κ1) is 13.2. The maximum atomic E-state index is 12.4. The van der Waals surface area contributed by atoms with Gasteiger partial charge in [0.1, 0.15) is 11.8 Å². The predicted octanol–water partition coefficient (Wildman–Crippen LogP) is 2.98. The van der Waals surface area contributed by atoms with Gasteiger partial charge in [0.2, 0.25) is 0 Å². The molecule has 0 unspecified atom stereocenters. The smallest absolute Gasteiger partial charge is 0.407 e. The molecule has 90 valence electrons. The normalized spacial score (nSPS) is 13.9. The summed E-state index contributed by atoms with van der Waals surface area (Å²) in [6, 6.07) is 0.430. The van der Waals surface area contributed by atoms with Crippen LogP contribution in [0.25, 0.3) is 0 Å². The van der Waals surface area contributed by atoms with Crippen molar-refractivity contribution >= 4 is 11.8 Å². The molecule has 16 heavy (non-hydrogen) atoms. The zero-order valence-electron chi connectivity index (χ0n) is 8.80. The molecule has 0 aromatic heterocycles. The fourth-order valence-electron chi connectivity index (χ4n) is 1.33. The molecule has 1 atom stereocenters. The van der Waals surface area contributed by atoms with Crippen LogP contribution >= 0.6 is 11.8 Å². The molecule has 0 fully saturated rings. The molecule has 0 saturated heterocycles. The van der Waals surface area contributed by atoms with Crippen molar-refractivity contribution < 1.29 is 18.3 Å². The predicted molar refractivity (Wildman–Crippen MR) is 57.6 cm³/mol. The number of hydrogen-bond donors (Lipinski definition) is 2. The van der Waals surface area contributed by atoms with Crippen LogP contribution < -0.4 is 5.73 Å². The van der Waals surface area contributed by atoms with Gasteiger partial charge in [-0.2, -0.15) is 13.2 Å². The standard InChI is InChI=1S/C10H12F3NOS/c1-5-3-7(15)6(4-8(5)16-2)9(14)10(11,12)13/h3-4,9,15H,14H2,1-2H3/t9-/m0/s1. The van der Waals surface area contributed by atoms with Gasteiger partial charge in [-0.25, -0.2) is 0 Å². The molecule has 0 heterocycles. The third kappa shape index (κ3) is 2.62. The van der Waals surface area contributed by atoms with Gasteiger partial charge in [-0.15, -0.1) is 11.8 Å². The highest BCUT2D eigenvalue weighted by Gasteiger charge is 2.39. The van der Waals surface area contributed by atoms with Gasteiger partial charge in [0.05, 0.1) is 0 Å². The maximum Gasteiger partial charge on any atom is 0.407 e. The van der Waals surface area contributed by atoms with Gasteiger partial charge >= 0.3 is 6.18 Å². The van der Waals surface area contributed by atoms with Crippen molar-refractivity contribution in [2.75, 3.05) is 6.26 Å². The highest BCUT2D eigenvalue weighted by atomic mass is 32.2. The molecule has 0 amide bonds. The Labute approximate surface area is 95.6 Å². The van der Waals surface area contributed by atoms with Crippen LogP contribution in [0.1, 0.15) is 17.2 Å². The summed E-state index contributed by atoms with van der Waals surface area (Å²) in [5.41, 5.74) is 5.49.